The summed E-state index contributed by atoms with van der Waals surface area (Å²) in [5, 5.41) is 11.5. The summed E-state index contributed by atoms with van der Waals surface area (Å²) in [4.78, 5) is 15.2. The summed E-state index contributed by atoms with van der Waals surface area (Å²) in [6.07, 6.45) is 6.03. The van der Waals surface area contributed by atoms with E-state index in [0.717, 1.165) is 31.2 Å². The van der Waals surface area contributed by atoms with Gasteiger partial charge in [0.05, 0.1) is 6.54 Å². The van der Waals surface area contributed by atoms with Gasteiger partial charge < -0.3 is 10.6 Å². The lowest BCUT2D eigenvalue weighted by Crippen LogP contribution is -2.44. The molecule has 1 aromatic rings. The number of carbonyl (C=O) groups excluding carboxylic acids is 1. The molecule has 1 aliphatic carbocycles. The number of ketones is 1. The van der Waals surface area contributed by atoms with Crippen molar-refractivity contribution in [1.82, 2.24) is 4.90 Å². The monoisotopic (exact) mass is 373 g/mol. The zero-order chi connectivity index (χ0) is 19.0. The van der Waals surface area contributed by atoms with Crippen LogP contribution in [0.15, 0.2) is 30.3 Å². The van der Waals surface area contributed by atoms with Gasteiger partial charge in [0.2, 0.25) is 0 Å². The molecule has 1 unspecified atom stereocenters. The van der Waals surface area contributed by atoms with E-state index in [1.807, 2.05) is 37.4 Å². The number of aliphatic hydroxyl groups is 1. The lowest BCUT2D eigenvalue weighted by Gasteiger charge is -2.37. The Hall–Kier alpha value is -1.67. The SMILES string of the molecule is CC(C)N(C)CC#CCCC(=O)C(O)(c1ccccc1)C1CCCCC1.O. The highest BCUT2D eigenvalue weighted by Gasteiger charge is 2.44. The van der Waals surface area contributed by atoms with Gasteiger partial charge in [-0.15, -0.1) is 5.92 Å². The largest absolute Gasteiger partial charge is 0.412 e. The van der Waals surface area contributed by atoms with E-state index in [1.165, 1.54) is 6.42 Å². The summed E-state index contributed by atoms with van der Waals surface area (Å²) in [6.45, 7) is 4.97. The first-order valence-electron chi connectivity index (χ1n) is 9.93. The smallest absolute Gasteiger partial charge is 0.170 e. The van der Waals surface area contributed by atoms with Gasteiger partial charge in [-0.2, -0.15) is 0 Å². The average molecular weight is 374 g/mol. The lowest BCUT2D eigenvalue weighted by molar-refractivity contribution is -0.146. The molecular formula is C23H35NO3. The first-order valence-corrected chi connectivity index (χ1v) is 9.93. The second-order valence-electron chi connectivity index (χ2n) is 7.75. The van der Waals surface area contributed by atoms with Gasteiger partial charge in [-0.25, -0.2) is 0 Å². The second kappa shape index (κ2) is 11.2. The Morgan fingerprint density at radius 2 is 1.81 bits per heavy atom. The van der Waals surface area contributed by atoms with Crippen molar-refractivity contribution < 1.29 is 15.4 Å². The normalized spacial score (nSPS) is 17.0. The van der Waals surface area contributed by atoms with E-state index >= 15 is 0 Å². The number of carbonyl (C=O) groups is 1. The van der Waals surface area contributed by atoms with Crippen LogP contribution in [0, 0.1) is 17.8 Å². The van der Waals surface area contributed by atoms with E-state index in [2.05, 4.69) is 30.6 Å². The molecule has 0 amide bonds. The number of nitrogens with zero attached hydrogens (tertiary/aromatic N) is 1. The predicted molar refractivity (Wildman–Crippen MR) is 110 cm³/mol. The summed E-state index contributed by atoms with van der Waals surface area (Å²) >= 11 is 0. The molecule has 2 rings (SSSR count). The summed E-state index contributed by atoms with van der Waals surface area (Å²) < 4.78 is 0. The first-order chi connectivity index (χ1) is 12.5. The van der Waals surface area contributed by atoms with Gasteiger partial charge in [0, 0.05) is 18.9 Å². The van der Waals surface area contributed by atoms with Gasteiger partial charge in [0.25, 0.3) is 0 Å². The molecule has 27 heavy (non-hydrogen) atoms. The number of Topliss-reactive ketones (excluding diaryl/α,β-unsaturated/α-hetero) is 1. The molecule has 0 spiro atoms. The van der Waals surface area contributed by atoms with Crippen LogP contribution in [-0.4, -0.2) is 40.9 Å². The quantitative estimate of drug-likeness (QED) is 0.745. The molecule has 1 aliphatic rings. The standard InChI is InChI=1S/C23H33NO2.H2O/c1-19(2)24(3)18-12-6-11-17-22(25)23(26,20-13-7-4-8-14-20)21-15-9-5-10-16-21;/h4,7-8,13-14,19,21,26H,5,9-11,15-18H2,1-3H3;1H2. The zero-order valence-corrected chi connectivity index (χ0v) is 17.0. The van der Waals surface area contributed by atoms with Crippen LogP contribution in [0.2, 0.25) is 0 Å². The minimum Gasteiger partial charge on any atom is -0.412 e. The first kappa shape index (κ1) is 23.4. The molecule has 0 aliphatic heterocycles. The van der Waals surface area contributed by atoms with Crippen molar-refractivity contribution in [1.29, 1.82) is 0 Å². The summed E-state index contributed by atoms with van der Waals surface area (Å²) in [6, 6.07) is 9.95. The molecule has 0 aromatic heterocycles. The van der Waals surface area contributed by atoms with Gasteiger partial charge >= 0.3 is 0 Å². The van der Waals surface area contributed by atoms with E-state index in [0.29, 0.717) is 25.4 Å². The van der Waals surface area contributed by atoms with Gasteiger partial charge in [-0.1, -0.05) is 55.5 Å². The van der Waals surface area contributed by atoms with E-state index in [4.69, 9.17) is 0 Å². The molecule has 0 saturated heterocycles. The van der Waals surface area contributed by atoms with E-state index in [-0.39, 0.29) is 17.2 Å². The van der Waals surface area contributed by atoms with Crippen molar-refractivity contribution in [3.63, 3.8) is 0 Å². The Morgan fingerprint density at radius 3 is 2.41 bits per heavy atom. The van der Waals surface area contributed by atoms with Crippen molar-refractivity contribution >= 4 is 5.78 Å². The Morgan fingerprint density at radius 1 is 1.19 bits per heavy atom. The zero-order valence-electron chi connectivity index (χ0n) is 17.0. The van der Waals surface area contributed by atoms with Crippen molar-refractivity contribution in [2.75, 3.05) is 13.6 Å². The minimum atomic E-state index is -1.36. The Kier molecular flexibility index (Phi) is 9.73. The molecule has 3 N–H and O–H groups in total. The summed E-state index contributed by atoms with van der Waals surface area (Å²) in [7, 11) is 2.04. The van der Waals surface area contributed by atoms with E-state index in [1.54, 1.807) is 0 Å². The maximum atomic E-state index is 13.0. The second-order valence-corrected chi connectivity index (χ2v) is 7.75. The molecule has 0 bridgehead atoms. The van der Waals surface area contributed by atoms with Crippen LogP contribution < -0.4 is 0 Å². The molecular weight excluding hydrogens is 338 g/mol. The average Bonchev–Trinajstić information content (AvgIpc) is 2.68. The molecule has 0 radical (unpaired) electrons. The van der Waals surface area contributed by atoms with Crippen molar-refractivity contribution in [2.24, 2.45) is 5.92 Å². The maximum absolute atomic E-state index is 13.0. The van der Waals surface area contributed by atoms with E-state index in [9.17, 15) is 9.90 Å². The van der Waals surface area contributed by atoms with Crippen LogP contribution in [0.4, 0.5) is 0 Å². The highest BCUT2D eigenvalue weighted by atomic mass is 16.3. The third-order valence-electron chi connectivity index (χ3n) is 5.65. The van der Waals surface area contributed by atoms with Crippen molar-refractivity contribution in [3.05, 3.63) is 35.9 Å². The predicted octanol–water partition coefficient (Wildman–Crippen LogP) is 3.32. The summed E-state index contributed by atoms with van der Waals surface area (Å²) in [5.41, 5.74) is -0.623. The number of benzene rings is 1. The van der Waals surface area contributed by atoms with Gasteiger partial charge in [-0.3, -0.25) is 9.69 Å². The minimum absolute atomic E-state index is 0. The van der Waals surface area contributed by atoms with Crippen LogP contribution in [-0.2, 0) is 10.4 Å². The van der Waals surface area contributed by atoms with Crippen molar-refractivity contribution in [2.45, 2.75) is 70.4 Å². The fraction of sp³-hybridized carbons (Fsp3) is 0.609. The maximum Gasteiger partial charge on any atom is 0.170 e. The van der Waals surface area contributed by atoms with Gasteiger partial charge in [0.15, 0.2) is 11.4 Å². The van der Waals surface area contributed by atoms with Crippen LogP contribution in [0.1, 0.15) is 64.4 Å². The Balaban J connectivity index is 0.00000364. The van der Waals surface area contributed by atoms with Gasteiger partial charge in [-0.05, 0) is 45.2 Å². The molecule has 1 atom stereocenters. The van der Waals surface area contributed by atoms with Crippen LogP contribution in [0.25, 0.3) is 0 Å². The Labute approximate surface area is 164 Å². The van der Waals surface area contributed by atoms with E-state index < -0.39 is 5.60 Å². The summed E-state index contributed by atoms with van der Waals surface area (Å²) in [5.74, 6) is 6.18. The molecule has 4 heteroatoms. The van der Waals surface area contributed by atoms with Crippen LogP contribution in [0.3, 0.4) is 0 Å². The topological polar surface area (TPSA) is 72.0 Å². The van der Waals surface area contributed by atoms with Crippen LogP contribution in [0.5, 0.6) is 0 Å². The number of hydrogen-bond donors (Lipinski definition) is 1. The highest BCUT2D eigenvalue weighted by molar-refractivity contribution is 5.88. The molecule has 150 valence electrons. The third kappa shape index (κ3) is 6.17. The molecule has 4 nitrogen and oxygen atoms in total. The molecule has 0 heterocycles. The lowest BCUT2D eigenvalue weighted by atomic mass is 9.70. The number of hydrogen-bond acceptors (Lipinski definition) is 3. The number of rotatable bonds is 7. The fourth-order valence-electron chi connectivity index (χ4n) is 3.66. The third-order valence-corrected chi connectivity index (χ3v) is 5.65. The van der Waals surface area contributed by atoms with Crippen LogP contribution >= 0.6 is 0 Å². The molecule has 1 aromatic carbocycles. The fourth-order valence-corrected chi connectivity index (χ4v) is 3.66. The van der Waals surface area contributed by atoms with Gasteiger partial charge in [0.1, 0.15) is 0 Å². The molecule has 1 saturated carbocycles. The highest BCUT2D eigenvalue weighted by Crippen LogP contribution is 2.40. The molecule has 1 fully saturated rings. The van der Waals surface area contributed by atoms with Crippen molar-refractivity contribution in [3.8, 4) is 11.8 Å². The Bertz CT molecular complexity index is 626.